The number of benzene rings is 1. The molecule has 0 aromatic heterocycles. The van der Waals surface area contributed by atoms with Crippen LogP contribution < -0.4 is 10.2 Å². The average molecular weight is 234 g/mol. The summed E-state index contributed by atoms with van der Waals surface area (Å²) in [7, 11) is 2.20. The Morgan fingerprint density at radius 2 is 1.94 bits per heavy atom. The van der Waals surface area contributed by atoms with Crippen molar-refractivity contribution in [2.24, 2.45) is 0 Å². The summed E-state index contributed by atoms with van der Waals surface area (Å²) >= 11 is 0. The van der Waals surface area contributed by atoms with Gasteiger partial charge in [0.1, 0.15) is 0 Å². The van der Waals surface area contributed by atoms with Crippen LogP contribution in [0.3, 0.4) is 0 Å². The minimum Gasteiger partial charge on any atom is -0.370 e. The van der Waals surface area contributed by atoms with Gasteiger partial charge in [0.2, 0.25) is 0 Å². The molecule has 0 saturated heterocycles. The molecule has 0 bridgehead atoms. The van der Waals surface area contributed by atoms with E-state index < -0.39 is 0 Å². The van der Waals surface area contributed by atoms with Gasteiger partial charge in [-0.1, -0.05) is 31.5 Å². The highest BCUT2D eigenvalue weighted by molar-refractivity contribution is 5.54. The highest BCUT2D eigenvalue weighted by Crippen LogP contribution is 2.22. The van der Waals surface area contributed by atoms with Crippen LogP contribution in [0.25, 0.3) is 0 Å². The second kappa shape index (κ2) is 6.65. The smallest absolute Gasteiger partial charge is 0.0408 e. The van der Waals surface area contributed by atoms with E-state index in [0.29, 0.717) is 6.04 Å². The summed E-state index contributed by atoms with van der Waals surface area (Å²) in [5.41, 5.74) is 4.04. The molecule has 0 aliphatic rings. The molecule has 0 radical (unpaired) electrons. The van der Waals surface area contributed by atoms with Crippen molar-refractivity contribution in [3.05, 3.63) is 29.3 Å². The zero-order chi connectivity index (χ0) is 12.8. The monoisotopic (exact) mass is 234 g/mol. The first kappa shape index (κ1) is 14.0. The second-order valence-electron chi connectivity index (χ2n) is 4.77. The molecule has 0 heterocycles. The lowest BCUT2D eigenvalue weighted by atomic mass is 10.1. The summed E-state index contributed by atoms with van der Waals surface area (Å²) in [6, 6.07) is 7.25. The number of nitrogens with zero attached hydrogens (tertiary/aromatic N) is 1. The Kier molecular flexibility index (Phi) is 5.49. The van der Waals surface area contributed by atoms with Crippen molar-refractivity contribution in [2.45, 2.75) is 40.2 Å². The van der Waals surface area contributed by atoms with Crippen molar-refractivity contribution in [3.63, 3.8) is 0 Å². The van der Waals surface area contributed by atoms with Crippen LogP contribution in [0.15, 0.2) is 18.2 Å². The highest BCUT2D eigenvalue weighted by Gasteiger charge is 2.14. The van der Waals surface area contributed by atoms with E-state index >= 15 is 0 Å². The number of likely N-dealkylation sites (N-methyl/N-ethyl adjacent to an activating group) is 2. The molecule has 1 aromatic carbocycles. The van der Waals surface area contributed by atoms with Gasteiger partial charge in [0, 0.05) is 25.3 Å². The molecule has 1 aromatic rings. The van der Waals surface area contributed by atoms with E-state index in [1.54, 1.807) is 0 Å². The summed E-state index contributed by atoms with van der Waals surface area (Å²) in [6.07, 6.45) is 1.16. The third-order valence-corrected chi connectivity index (χ3v) is 3.38. The number of rotatable bonds is 6. The van der Waals surface area contributed by atoms with Gasteiger partial charge in [-0.15, -0.1) is 0 Å². The van der Waals surface area contributed by atoms with Crippen molar-refractivity contribution in [2.75, 3.05) is 25.0 Å². The molecule has 1 unspecified atom stereocenters. The van der Waals surface area contributed by atoms with E-state index in [-0.39, 0.29) is 0 Å². The van der Waals surface area contributed by atoms with E-state index in [2.05, 4.69) is 63.2 Å². The van der Waals surface area contributed by atoms with Crippen LogP contribution in [0.2, 0.25) is 0 Å². The minimum absolute atomic E-state index is 0.566. The fraction of sp³-hybridized carbons (Fsp3) is 0.600. The van der Waals surface area contributed by atoms with Gasteiger partial charge in [0.15, 0.2) is 0 Å². The Hall–Kier alpha value is -1.02. The minimum atomic E-state index is 0.566. The van der Waals surface area contributed by atoms with Gasteiger partial charge in [0.25, 0.3) is 0 Å². The van der Waals surface area contributed by atoms with E-state index in [4.69, 9.17) is 0 Å². The summed E-state index contributed by atoms with van der Waals surface area (Å²) in [5.74, 6) is 0. The third-order valence-electron chi connectivity index (χ3n) is 3.38. The van der Waals surface area contributed by atoms with Crippen LogP contribution in [0.4, 0.5) is 5.69 Å². The number of aryl methyl sites for hydroxylation is 2. The number of hydrogen-bond acceptors (Lipinski definition) is 2. The highest BCUT2D eigenvalue weighted by atomic mass is 15.2. The number of hydrogen-bond donors (Lipinski definition) is 1. The van der Waals surface area contributed by atoms with Crippen LogP contribution in [0.5, 0.6) is 0 Å². The number of nitrogens with one attached hydrogen (secondary N) is 1. The lowest BCUT2D eigenvalue weighted by Crippen LogP contribution is -2.40. The lowest BCUT2D eigenvalue weighted by molar-refractivity contribution is 0.551. The van der Waals surface area contributed by atoms with E-state index in [0.717, 1.165) is 19.5 Å². The molecule has 0 aliphatic carbocycles. The quantitative estimate of drug-likeness (QED) is 0.813. The second-order valence-corrected chi connectivity index (χ2v) is 4.77. The molecule has 2 nitrogen and oxygen atoms in total. The Balaban J connectivity index is 2.81. The van der Waals surface area contributed by atoms with Gasteiger partial charge in [-0.2, -0.15) is 0 Å². The maximum Gasteiger partial charge on any atom is 0.0408 e. The first-order valence-corrected chi connectivity index (χ1v) is 6.60. The zero-order valence-electron chi connectivity index (χ0n) is 11.9. The zero-order valence-corrected chi connectivity index (χ0v) is 11.9. The summed E-state index contributed by atoms with van der Waals surface area (Å²) in [6.45, 7) is 10.8. The van der Waals surface area contributed by atoms with Gasteiger partial charge in [-0.05, 0) is 38.4 Å². The molecule has 0 spiro atoms. The third kappa shape index (κ3) is 3.74. The molecular weight excluding hydrogens is 208 g/mol. The standard InChI is InChI=1S/C15H26N2/c1-6-14(11-16-7-2)17(5)15-9-8-12(3)10-13(15)4/h8-10,14,16H,6-7,11H2,1-5H3. The van der Waals surface area contributed by atoms with Crippen molar-refractivity contribution in [3.8, 4) is 0 Å². The van der Waals surface area contributed by atoms with Crippen LogP contribution in [-0.2, 0) is 0 Å². The summed E-state index contributed by atoms with van der Waals surface area (Å²) in [4.78, 5) is 2.40. The van der Waals surface area contributed by atoms with Crippen LogP contribution in [0.1, 0.15) is 31.4 Å². The van der Waals surface area contributed by atoms with Crippen LogP contribution in [0, 0.1) is 13.8 Å². The molecule has 1 atom stereocenters. The van der Waals surface area contributed by atoms with Crippen LogP contribution in [-0.4, -0.2) is 26.2 Å². The van der Waals surface area contributed by atoms with Gasteiger partial charge in [-0.3, -0.25) is 0 Å². The summed E-state index contributed by atoms with van der Waals surface area (Å²) < 4.78 is 0. The summed E-state index contributed by atoms with van der Waals surface area (Å²) in [5, 5.41) is 3.44. The van der Waals surface area contributed by atoms with Gasteiger partial charge in [0.05, 0.1) is 0 Å². The van der Waals surface area contributed by atoms with E-state index in [1.807, 2.05) is 0 Å². The fourth-order valence-corrected chi connectivity index (χ4v) is 2.26. The molecule has 96 valence electrons. The first-order valence-electron chi connectivity index (χ1n) is 6.60. The van der Waals surface area contributed by atoms with Crippen molar-refractivity contribution in [1.29, 1.82) is 0 Å². The predicted molar refractivity (Wildman–Crippen MR) is 76.9 cm³/mol. The maximum atomic E-state index is 3.44. The Bertz CT molecular complexity index is 347. The Morgan fingerprint density at radius 3 is 2.47 bits per heavy atom. The molecule has 17 heavy (non-hydrogen) atoms. The Labute approximate surface area is 106 Å². The lowest BCUT2D eigenvalue weighted by Gasteiger charge is -2.31. The molecule has 1 N–H and O–H groups in total. The van der Waals surface area contributed by atoms with Gasteiger partial charge >= 0.3 is 0 Å². The molecule has 0 aliphatic heterocycles. The molecule has 0 fully saturated rings. The largest absolute Gasteiger partial charge is 0.370 e. The van der Waals surface area contributed by atoms with Gasteiger partial charge < -0.3 is 10.2 Å². The van der Waals surface area contributed by atoms with E-state index in [1.165, 1.54) is 16.8 Å². The SMILES string of the molecule is CCNCC(CC)N(C)c1ccc(C)cc1C. The molecule has 2 heteroatoms. The van der Waals surface area contributed by atoms with Crippen molar-refractivity contribution in [1.82, 2.24) is 5.32 Å². The Morgan fingerprint density at radius 1 is 1.24 bits per heavy atom. The normalized spacial score (nSPS) is 12.5. The van der Waals surface area contributed by atoms with Gasteiger partial charge in [-0.25, -0.2) is 0 Å². The van der Waals surface area contributed by atoms with Crippen molar-refractivity contribution >= 4 is 5.69 Å². The van der Waals surface area contributed by atoms with Crippen LogP contribution >= 0.6 is 0 Å². The molecule has 0 saturated carbocycles. The molecule has 0 amide bonds. The average Bonchev–Trinajstić information content (AvgIpc) is 2.29. The first-order chi connectivity index (χ1) is 8.10. The molecule has 1 rings (SSSR count). The fourth-order valence-electron chi connectivity index (χ4n) is 2.26. The van der Waals surface area contributed by atoms with E-state index in [9.17, 15) is 0 Å². The predicted octanol–water partition coefficient (Wildman–Crippen LogP) is 3.13. The maximum absolute atomic E-state index is 3.44. The van der Waals surface area contributed by atoms with Crippen molar-refractivity contribution < 1.29 is 0 Å². The topological polar surface area (TPSA) is 15.3 Å². The number of anilines is 1. The molecular formula is C15H26N2.